The Kier molecular flexibility index (Phi) is 4.79. The first-order valence-electron chi connectivity index (χ1n) is 8.73. The average Bonchev–Trinajstić information content (AvgIpc) is 3.09. The van der Waals surface area contributed by atoms with E-state index >= 15 is 0 Å². The van der Waals surface area contributed by atoms with E-state index in [1.807, 2.05) is 18.5 Å². The highest BCUT2D eigenvalue weighted by molar-refractivity contribution is 5.95. The molecule has 0 aliphatic carbocycles. The van der Waals surface area contributed by atoms with Crippen LogP contribution in [0.2, 0.25) is 0 Å². The van der Waals surface area contributed by atoms with E-state index in [1.165, 1.54) is 6.07 Å². The summed E-state index contributed by atoms with van der Waals surface area (Å²) in [6.45, 7) is 8.84. The molecule has 2 atom stereocenters. The van der Waals surface area contributed by atoms with E-state index in [0.29, 0.717) is 17.0 Å². The molecule has 1 aliphatic rings. The van der Waals surface area contributed by atoms with Gasteiger partial charge in [0.1, 0.15) is 6.10 Å². The lowest BCUT2D eigenvalue weighted by molar-refractivity contribution is 0.0906. The number of nitrogens with zero attached hydrogens (tertiary/aromatic N) is 2. The van der Waals surface area contributed by atoms with Gasteiger partial charge in [-0.05, 0) is 25.3 Å². The zero-order chi connectivity index (χ0) is 18.1. The number of aromatic nitrogens is 2. The monoisotopic (exact) mass is 345 g/mol. The molecule has 1 aliphatic heterocycles. The van der Waals surface area contributed by atoms with Crippen LogP contribution < -0.4 is 10.1 Å². The number of carbonyl (C=O) groups excluding carboxylic acids is 1. The Hall–Kier alpha value is -2.37. The average molecular weight is 345 g/mol. The SMILES string of the molecule is CCc1c(C(=O)N[C@H]2c3cccc(F)c3O[C@@H]2C)cnn1CC(C)C. The first-order valence-corrected chi connectivity index (χ1v) is 8.73. The van der Waals surface area contributed by atoms with Gasteiger partial charge in [0.05, 0.1) is 23.5 Å². The summed E-state index contributed by atoms with van der Waals surface area (Å²) >= 11 is 0. The molecule has 0 radical (unpaired) electrons. The van der Waals surface area contributed by atoms with Crippen molar-refractivity contribution < 1.29 is 13.9 Å². The Morgan fingerprint density at radius 2 is 2.20 bits per heavy atom. The number of benzene rings is 1. The minimum Gasteiger partial charge on any atom is -0.485 e. The van der Waals surface area contributed by atoms with Crippen molar-refractivity contribution >= 4 is 5.91 Å². The fourth-order valence-electron chi connectivity index (χ4n) is 3.29. The summed E-state index contributed by atoms with van der Waals surface area (Å²) in [4.78, 5) is 12.8. The first kappa shape index (κ1) is 17.5. The summed E-state index contributed by atoms with van der Waals surface area (Å²) in [5, 5.41) is 7.35. The van der Waals surface area contributed by atoms with Gasteiger partial charge in [0.2, 0.25) is 0 Å². The second-order valence-electron chi connectivity index (χ2n) is 6.87. The molecule has 1 aromatic carbocycles. The van der Waals surface area contributed by atoms with E-state index in [9.17, 15) is 9.18 Å². The van der Waals surface area contributed by atoms with Crippen molar-refractivity contribution in [1.29, 1.82) is 0 Å². The highest BCUT2D eigenvalue weighted by Gasteiger charge is 2.35. The van der Waals surface area contributed by atoms with Gasteiger partial charge in [0.15, 0.2) is 11.6 Å². The number of fused-ring (bicyclic) bond motifs is 1. The Morgan fingerprint density at radius 1 is 1.44 bits per heavy atom. The number of ether oxygens (including phenoxy) is 1. The maximum Gasteiger partial charge on any atom is 0.255 e. The molecule has 1 N–H and O–H groups in total. The highest BCUT2D eigenvalue weighted by atomic mass is 19.1. The Labute approximate surface area is 147 Å². The van der Waals surface area contributed by atoms with Gasteiger partial charge in [-0.2, -0.15) is 5.10 Å². The Balaban J connectivity index is 1.84. The number of amides is 1. The van der Waals surface area contributed by atoms with E-state index in [0.717, 1.165) is 18.7 Å². The van der Waals surface area contributed by atoms with E-state index in [4.69, 9.17) is 4.74 Å². The van der Waals surface area contributed by atoms with Crippen LogP contribution in [0.1, 0.15) is 55.4 Å². The van der Waals surface area contributed by atoms with Crippen molar-refractivity contribution in [3.05, 3.63) is 47.0 Å². The normalized spacial score (nSPS) is 19.0. The fourth-order valence-corrected chi connectivity index (χ4v) is 3.29. The molecule has 1 aromatic heterocycles. The summed E-state index contributed by atoms with van der Waals surface area (Å²) in [5.41, 5.74) is 2.16. The minimum atomic E-state index is -0.403. The van der Waals surface area contributed by atoms with Gasteiger partial charge in [0.25, 0.3) is 5.91 Å². The van der Waals surface area contributed by atoms with Gasteiger partial charge in [-0.15, -0.1) is 0 Å². The van der Waals surface area contributed by atoms with E-state index in [-0.39, 0.29) is 23.8 Å². The third-order valence-corrected chi connectivity index (χ3v) is 4.46. The summed E-state index contributed by atoms with van der Waals surface area (Å²) in [7, 11) is 0. The molecule has 0 unspecified atom stereocenters. The third kappa shape index (κ3) is 3.25. The minimum absolute atomic E-state index is 0.204. The summed E-state index contributed by atoms with van der Waals surface area (Å²) < 4.78 is 21.4. The second kappa shape index (κ2) is 6.86. The number of hydrogen-bond acceptors (Lipinski definition) is 3. The molecule has 2 heterocycles. The standard InChI is InChI=1S/C19H24FN3O2/c1-5-16-14(9-21-23(16)10-11(2)3)19(24)22-17-12(4)25-18-13(17)7-6-8-15(18)20/h6-9,11-12,17H,5,10H2,1-4H3,(H,22,24)/t12-,17-/m1/s1. The third-order valence-electron chi connectivity index (χ3n) is 4.46. The summed E-state index contributed by atoms with van der Waals surface area (Å²) in [5.74, 6) is 0.0650. The smallest absolute Gasteiger partial charge is 0.255 e. The molecule has 0 bridgehead atoms. The predicted molar refractivity (Wildman–Crippen MR) is 93.1 cm³/mol. The number of para-hydroxylation sites is 1. The van der Waals surface area contributed by atoms with Gasteiger partial charge in [-0.25, -0.2) is 4.39 Å². The van der Waals surface area contributed by atoms with Crippen LogP contribution in [0.4, 0.5) is 4.39 Å². The van der Waals surface area contributed by atoms with Crippen molar-refractivity contribution in [1.82, 2.24) is 15.1 Å². The lowest BCUT2D eigenvalue weighted by Crippen LogP contribution is -2.34. The van der Waals surface area contributed by atoms with Crippen LogP contribution in [0.3, 0.4) is 0 Å². The molecule has 3 rings (SSSR count). The van der Waals surface area contributed by atoms with E-state index in [2.05, 4.69) is 24.3 Å². The topological polar surface area (TPSA) is 56.1 Å². The molecular weight excluding hydrogens is 321 g/mol. The lowest BCUT2D eigenvalue weighted by atomic mass is 10.0. The number of nitrogens with one attached hydrogen (secondary N) is 1. The zero-order valence-corrected chi connectivity index (χ0v) is 15.0. The maximum atomic E-state index is 13.9. The van der Waals surface area contributed by atoms with Gasteiger partial charge < -0.3 is 10.1 Å². The molecule has 2 aromatic rings. The Bertz CT molecular complexity index is 785. The quantitative estimate of drug-likeness (QED) is 0.902. The molecular formula is C19H24FN3O2. The highest BCUT2D eigenvalue weighted by Crippen LogP contribution is 2.38. The van der Waals surface area contributed by atoms with Crippen LogP contribution in [0.25, 0.3) is 0 Å². The molecule has 0 saturated carbocycles. The number of hydrogen-bond donors (Lipinski definition) is 1. The van der Waals surface area contributed by atoms with Gasteiger partial charge in [0, 0.05) is 12.1 Å². The number of carbonyl (C=O) groups is 1. The van der Waals surface area contributed by atoms with Gasteiger partial charge >= 0.3 is 0 Å². The van der Waals surface area contributed by atoms with Crippen molar-refractivity contribution in [2.24, 2.45) is 5.92 Å². The van der Waals surface area contributed by atoms with Crippen LogP contribution >= 0.6 is 0 Å². The van der Waals surface area contributed by atoms with Crippen LogP contribution in [0, 0.1) is 11.7 Å². The number of halogens is 1. The molecule has 25 heavy (non-hydrogen) atoms. The maximum absolute atomic E-state index is 13.9. The van der Waals surface area contributed by atoms with Gasteiger partial charge in [-0.3, -0.25) is 9.48 Å². The van der Waals surface area contributed by atoms with Gasteiger partial charge in [-0.1, -0.05) is 32.9 Å². The van der Waals surface area contributed by atoms with Crippen LogP contribution in [0.5, 0.6) is 5.75 Å². The Morgan fingerprint density at radius 3 is 2.88 bits per heavy atom. The molecule has 134 valence electrons. The second-order valence-corrected chi connectivity index (χ2v) is 6.87. The molecule has 5 nitrogen and oxygen atoms in total. The van der Waals surface area contributed by atoms with E-state index < -0.39 is 5.82 Å². The molecule has 6 heteroatoms. The van der Waals surface area contributed by atoms with E-state index in [1.54, 1.807) is 18.3 Å². The van der Waals surface area contributed by atoms with Crippen LogP contribution in [-0.2, 0) is 13.0 Å². The largest absolute Gasteiger partial charge is 0.485 e. The molecule has 0 fully saturated rings. The zero-order valence-electron chi connectivity index (χ0n) is 15.0. The predicted octanol–water partition coefficient (Wildman–Crippen LogP) is 3.49. The molecule has 0 spiro atoms. The van der Waals surface area contributed by atoms with Crippen LogP contribution in [0.15, 0.2) is 24.4 Å². The summed E-state index contributed by atoms with van der Waals surface area (Å²) in [6.07, 6.45) is 2.01. The van der Waals surface area contributed by atoms with Crippen molar-refractivity contribution in [3.8, 4) is 5.75 Å². The van der Waals surface area contributed by atoms with Crippen molar-refractivity contribution in [2.45, 2.75) is 52.8 Å². The lowest BCUT2D eigenvalue weighted by Gasteiger charge is -2.17. The van der Waals surface area contributed by atoms with Crippen molar-refractivity contribution in [2.75, 3.05) is 0 Å². The number of rotatable bonds is 5. The molecule has 0 saturated heterocycles. The summed E-state index contributed by atoms with van der Waals surface area (Å²) in [6, 6.07) is 4.40. The first-order chi connectivity index (χ1) is 11.9. The van der Waals surface area contributed by atoms with Crippen molar-refractivity contribution in [3.63, 3.8) is 0 Å². The fraction of sp³-hybridized carbons (Fsp3) is 0.474. The van der Waals surface area contributed by atoms with Crippen LogP contribution in [-0.4, -0.2) is 21.8 Å². The molecule has 1 amide bonds.